The quantitative estimate of drug-likeness (QED) is 0.806. The molecule has 3 nitrogen and oxygen atoms in total. The first-order chi connectivity index (χ1) is 10.2. The smallest absolute Gasteiger partial charge is 0.494 e. The Labute approximate surface area is 124 Å². The topological polar surface area (TPSA) is 43.4 Å². The number of hydrogen-bond acceptors (Lipinski definition) is 3. The Balaban J connectivity index is 2.67. The Hall–Kier alpha value is -2.09. The highest BCUT2D eigenvalue weighted by Gasteiger charge is 2.47. The van der Waals surface area contributed by atoms with Gasteiger partial charge in [-0.05, 0) is 29.8 Å². The van der Waals surface area contributed by atoms with Gasteiger partial charge in [0.15, 0.2) is 11.6 Å². The molecule has 0 fully saturated rings. The maximum Gasteiger partial charge on any atom is 0.501 e. The first kappa shape index (κ1) is 16.3. The molecule has 0 N–H and O–H groups in total. The number of rotatable bonds is 3. The van der Waals surface area contributed by atoms with Gasteiger partial charge in [-0.15, -0.1) is 0 Å². The molecule has 8 heteroatoms. The van der Waals surface area contributed by atoms with Gasteiger partial charge in [0.25, 0.3) is 9.84 Å². The van der Waals surface area contributed by atoms with Gasteiger partial charge < -0.3 is 4.74 Å². The minimum Gasteiger partial charge on any atom is -0.494 e. The lowest BCUT2D eigenvalue weighted by Crippen LogP contribution is -2.23. The Morgan fingerprint density at radius 3 is 2.41 bits per heavy atom. The Morgan fingerprint density at radius 1 is 1.18 bits per heavy atom. The van der Waals surface area contributed by atoms with Crippen LogP contribution in [0.1, 0.15) is 0 Å². The summed E-state index contributed by atoms with van der Waals surface area (Å²) in [5, 5.41) is 0. The number of hydrogen-bond donors (Lipinski definition) is 0. The van der Waals surface area contributed by atoms with E-state index >= 15 is 0 Å². The van der Waals surface area contributed by atoms with Crippen LogP contribution in [0.5, 0.6) is 5.75 Å². The van der Waals surface area contributed by atoms with Crippen LogP contribution >= 0.6 is 0 Å². The molecular weight excluding hydrogens is 324 g/mol. The molecule has 2 rings (SSSR count). The summed E-state index contributed by atoms with van der Waals surface area (Å²) in [7, 11) is -4.34. The van der Waals surface area contributed by atoms with Gasteiger partial charge in [-0.2, -0.15) is 13.2 Å². The molecule has 0 aromatic heterocycles. The van der Waals surface area contributed by atoms with Crippen LogP contribution in [0.2, 0.25) is 0 Å². The fourth-order valence-electron chi connectivity index (χ4n) is 1.82. The van der Waals surface area contributed by atoms with Gasteiger partial charge in [0, 0.05) is 5.56 Å². The second-order valence-electron chi connectivity index (χ2n) is 4.21. The van der Waals surface area contributed by atoms with E-state index in [0.29, 0.717) is 0 Å². The summed E-state index contributed by atoms with van der Waals surface area (Å²) >= 11 is 0. The van der Waals surface area contributed by atoms with E-state index in [0.717, 1.165) is 18.2 Å². The molecule has 2 aromatic rings. The van der Waals surface area contributed by atoms with Crippen LogP contribution in [-0.4, -0.2) is 21.0 Å². The lowest BCUT2D eigenvalue weighted by atomic mass is 10.1. The van der Waals surface area contributed by atoms with Crippen molar-refractivity contribution in [2.45, 2.75) is 10.4 Å². The predicted octanol–water partition coefficient (Wildman–Crippen LogP) is 3.59. The third-order valence-corrected chi connectivity index (χ3v) is 4.38. The molecule has 0 atom stereocenters. The van der Waals surface area contributed by atoms with E-state index in [9.17, 15) is 26.0 Å². The van der Waals surface area contributed by atoms with Crippen molar-refractivity contribution in [3.05, 3.63) is 48.3 Å². The minimum absolute atomic E-state index is 0.0540. The number of halogens is 4. The number of methoxy groups -OCH3 is 1. The molecule has 0 aliphatic rings. The molecule has 0 bridgehead atoms. The van der Waals surface area contributed by atoms with Gasteiger partial charge >= 0.3 is 5.51 Å². The highest BCUT2D eigenvalue weighted by Crippen LogP contribution is 2.36. The second-order valence-corrected chi connectivity index (χ2v) is 6.12. The zero-order chi connectivity index (χ0) is 16.5. The fourth-order valence-corrected chi connectivity index (χ4v) is 2.77. The Morgan fingerprint density at radius 2 is 1.86 bits per heavy atom. The van der Waals surface area contributed by atoms with Crippen molar-refractivity contribution in [2.75, 3.05) is 7.11 Å². The molecule has 0 saturated carbocycles. The zero-order valence-electron chi connectivity index (χ0n) is 11.1. The Bertz CT molecular complexity index is 798. The van der Waals surface area contributed by atoms with Crippen molar-refractivity contribution in [1.29, 1.82) is 0 Å². The van der Waals surface area contributed by atoms with Crippen molar-refractivity contribution >= 4 is 9.84 Å². The summed E-state index contributed by atoms with van der Waals surface area (Å²) in [6.07, 6.45) is 0. The minimum atomic E-state index is -5.57. The number of benzene rings is 2. The molecule has 1 radical (unpaired) electrons. The monoisotopic (exact) mass is 333 g/mol. The molecular formula is C14H9F4O3S. The summed E-state index contributed by atoms with van der Waals surface area (Å²) < 4.78 is 79.7. The molecule has 0 saturated heterocycles. The largest absolute Gasteiger partial charge is 0.501 e. The van der Waals surface area contributed by atoms with E-state index in [1.165, 1.54) is 25.3 Å². The number of alkyl halides is 3. The van der Waals surface area contributed by atoms with Crippen LogP contribution in [0, 0.1) is 11.9 Å². The average molecular weight is 333 g/mol. The maximum atomic E-state index is 13.7. The van der Waals surface area contributed by atoms with E-state index in [-0.39, 0.29) is 16.9 Å². The van der Waals surface area contributed by atoms with Crippen molar-refractivity contribution in [3.63, 3.8) is 0 Å². The average Bonchev–Trinajstić information content (AvgIpc) is 2.46. The highest BCUT2D eigenvalue weighted by atomic mass is 32.2. The summed E-state index contributed by atoms with van der Waals surface area (Å²) in [6, 6.07) is 8.90. The van der Waals surface area contributed by atoms with Crippen LogP contribution < -0.4 is 4.74 Å². The third kappa shape index (κ3) is 2.78. The van der Waals surface area contributed by atoms with Crippen LogP contribution in [0.3, 0.4) is 0 Å². The molecule has 0 aliphatic heterocycles. The Kier molecular flexibility index (Phi) is 4.15. The SMILES string of the molecule is COc1ccc(-c2[c]cccc2S(=O)(=O)C(F)(F)F)cc1F. The fraction of sp³-hybridized carbons (Fsp3) is 0.143. The van der Waals surface area contributed by atoms with Gasteiger partial charge in [-0.3, -0.25) is 0 Å². The molecule has 22 heavy (non-hydrogen) atoms. The second kappa shape index (κ2) is 5.60. The third-order valence-electron chi connectivity index (χ3n) is 2.85. The van der Waals surface area contributed by atoms with Gasteiger partial charge in [-0.1, -0.05) is 18.2 Å². The van der Waals surface area contributed by atoms with Gasteiger partial charge in [0.05, 0.1) is 12.0 Å². The van der Waals surface area contributed by atoms with Crippen molar-refractivity contribution in [1.82, 2.24) is 0 Å². The number of sulfone groups is 1. The van der Waals surface area contributed by atoms with Crippen LogP contribution in [0.4, 0.5) is 17.6 Å². The molecule has 0 unspecified atom stereocenters. The summed E-state index contributed by atoms with van der Waals surface area (Å²) in [4.78, 5) is -0.980. The van der Waals surface area contributed by atoms with Crippen LogP contribution in [0.15, 0.2) is 41.3 Å². The van der Waals surface area contributed by atoms with Gasteiger partial charge in [0.1, 0.15) is 0 Å². The number of ether oxygens (including phenoxy) is 1. The first-order valence-electron chi connectivity index (χ1n) is 5.84. The first-order valence-corrected chi connectivity index (χ1v) is 7.33. The molecule has 117 valence electrons. The van der Waals surface area contributed by atoms with E-state index in [1.807, 2.05) is 0 Å². The molecule has 0 spiro atoms. The van der Waals surface area contributed by atoms with Gasteiger partial charge in [-0.25, -0.2) is 12.8 Å². The van der Waals surface area contributed by atoms with Crippen molar-refractivity contribution in [3.8, 4) is 16.9 Å². The normalized spacial score (nSPS) is 12.2. The molecule has 2 aromatic carbocycles. The lowest BCUT2D eigenvalue weighted by molar-refractivity contribution is -0.0435. The maximum absolute atomic E-state index is 13.7. The van der Waals surface area contributed by atoms with Gasteiger partial charge in [0.2, 0.25) is 0 Å². The van der Waals surface area contributed by atoms with Crippen LogP contribution in [-0.2, 0) is 9.84 Å². The zero-order valence-corrected chi connectivity index (χ0v) is 11.9. The highest BCUT2D eigenvalue weighted by molar-refractivity contribution is 7.92. The molecule has 0 heterocycles. The van der Waals surface area contributed by atoms with E-state index < -0.39 is 26.1 Å². The summed E-state index contributed by atoms with van der Waals surface area (Å²) in [5.41, 5.74) is -5.87. The van der Waals surface area contributed by atoms with E-state index in [2.05, 4.69) is 6.07 Å². The standard InChI is InChI=1S/C14H9F4O3S/c1-21-12-7-6-9(8-11(12)15)10-4-2-3-5-13(10)22(19,20)14(16,17)18/h2-3,5-8H,1H3. The summed E-state index contributed by atoms with van der Waals surface area (Å²) in [6.45, 7) is 0. The molecule has 0 aliphatic carbocycles. The lowest BCUT2D eigenvalue weighted by Gasteiger charge is -2.13. The predicted molar refractivity (Wildman–Crippen MR) is 70.5 cm³/mol. The van der Waals surface area contributed by atoms with E-state index in [1.54, 1.807) is 0 Å². The van der Waals surface area contributed by atoms with E-state index in [4.69, 9.17) is 4.74 Å². The van der Waals surface area contributed by atoms with Crippen LogP contribution in [0.25, 0.3) is 11.1 Å². The summed E-state index contributed by atoms with van der Waals surface area (Å²) in [5.74, 6) is -0.937. The molecule has 0 amide bonds. The van der Waals surface area contributed by atoms with Crippen molar-refractivity contribution in [2.24, 2.45) is 0 Å². The van der Waals surface area contributed by atoms with Crippen molar-refractivity contribution < 1.29 is 30.7 Å².